The Bertz CT molecular complexity index is 1060. The molecule has 1 heterocycles. The number of aromatic nitrogens is 3. The summed E-state index contributed by atoms with van der Waals surface area (Å²) < 4.78 is 20.6. The molecule has 0 unspecified atom stereocenters. The van der Waals surface area contributed by atoms with Crippen LogP contribution in [0.5, 0.6) is 5.75 Å². The summed E-state index contributed by atoms with van der Waals surface area (Å²) in [7, 11) is 1.62. The van der Waals surface area contributed by atoms with E-state index in [0.29, 0.717) is 17.4 Å². The zero-order chi connectivity index (χ0) is 22.4. The largest absolute Gasteiger partial charge is 0.495 e. The topological polar surface area (TPSA) is 81.1 Å². The van der Waals surface area contributed by atoms with Crippen molar-refractivity contribution in [1.29, 1.82) is 0 Å². The lowest BCUT2D eigenvalue weighted by Crippen LogP contribution is -2.16. The Morgan fingerprint density at radius 1 is 1.29 bits per heavy atom. The maximum atomic E-state index is 13.3. The van der Waals surface area contributed by atoms with Crippen LogP contribution in [0.2, 0.25) is 5.02 Å². The van der Waals surface area contributed by atoms with Crippen molar-refractivity contribution in [3.63, 3.8) is 0 Å². The number of ether oxygens (including phenoxy) is 1. The SMILES string of the molecule is CCn1c(SCC(=O)Nc2ccc(F)c(Cl)c2)nnc1[C@@H](C)Nc1ccccc1OC. The molecule has 0 spiro atoms. The average Bonchev–Trinajstić information content (AvgIpc) is 3.18. The van der Waals surface area contributed by atoms with E-state index < -0.39 is 5.82 Å². The van der Waals surface area contributed by atoms with Crippen molar-refractivity contribution < 1.29 is 13.9 Å². The molecule has 2 aromatic carbocycles. The first kappa shape index (κ1) is 22.9. The quantitative estimate of drug-likeness (QED) is 0.434. The number of benzene rings is 2. The molecule has 0 aliphatic heterocycles. The van der Waals surface area contributed by atoms with E-state index in [1.165, 1.54) is 30.0 Å². The highest BCUT2D eigenvalue weighted by molar-refractivity contribution is 7.99. The van der Waals surface area contributed by atoms with Crippen LogP contribution in [-0.2, 0) is 11.3 Å². The lowest BCUT2D eigenvalue weighted by molar-refractivity contribution is -0.113. The minimum atomic E-state index is -0.534. The minimum absolute atomic E-state index is 0.0441. The van der Waals surface area contributed by atoms with Gasteiger partial charge in [-0.05, 0) is 44.2 Å². The van der Waals surface area contributed by atoms with Crippen LogP contribution >= 0.6 is 23.4 Å². The second-order valence-corrected chi connectivity index (χ2v) is 7.97. The number of thioether (sulfide) groups is 1. The third-order valence-electron chi connectivity index (χ3n) is 4.46. The summed E-state index contributed by atoms with van der Waals surface area (Å²) in [5.74, 6) is 0.834. The Morgan fingerprint density at radius 2 is 2.06 bits per heavy atom. The van der Waals surface area contributed by atoms with Gasteiger partial charge in [0.2, 0.25) is 5.91 Å². The number of halogens is 2. The van der Waals surface area contributed by atoms with Gasteiger partial charge in [-0.25, -0.2) is 4.39 Å². The molecule has 1 atom stereocenters. The molecule has 2 N–H and O–H groups in total. The van der Waals surface area contributed by atoms with Crippen LogP contribution in [-0.4, -0.2) is 33.5 Å². The van der Waals surface area contributed by atoms with Crippen molar-refractivity contribution in [1.82, 2.24) is 14.8 Å². The molecule has 0 aliphatic rings. The van der Waals surface area contributed by atoms with Crippen LogP contribution in [0.3, 0.4) is 0 Å². The number of hydrogen-bond acceptors (Lipinski definition) is 6. The summed E-state index contributed by atoms with van der Waals surface area (Å²) in [5, 5.41) is 15.3. The average molecular weight is 464 g/mol. The lowest BCUT2D eigenvalue weighted by Gasteiger charge is -2.18. The molecule has 0 bridgehead atoms. The smallest absolute Gasteiger partial charge is 0.234 e. The molecule has 3 rings (SSSR count). The second kappa shape index (κ2) is 10.5. The van der Waals surface area contributed by atoms with E-state index in [-0.39, 0.29) is 22.7 Å². The van der Waals surface area contributed by atoms with Crippen molar-refractivity contribution >= 4 is 40.6 Å². The molecule has 0 fully saturated rings. The van der Waals surface area contributed by atoms with Gasteiger partial charge in [0.25, 0.3) is 0 Å². The summed E-state index contributed by atoms with van der Waals surface area (Å²) in [6.45, 7) is 4.63. The molecule has 0 saturated heterocycles. The van der Waals surface area contributed by atoms with Crippen LogP contribution in [0.25, 0.3) is 0 Å². The van der Waals surface area contributed by atoms with E-state index in [9.17, 15) is 9.18 Å². The molecule has 0 saturated carbocycles. The predicted octanol–water partition coefficient (Wildman–Crippen LogP) is 5.00. The van der Waals surface area contributed by atoms with Crippen molar-refractivity contribution in [2.24, 2.45) is 0 Å². The minimum Gasteiger partial charge on any atom is -0.495 e. The number of amides is 1. The third-order valence-corrected chi connectivity index (χ3v) is 5.72. The monoisotopic (exact) mass is 463 g/mol. The van der Waals surface area contributed by atoms with Gasteiger partial charge in [0.1, 0.15) is 11.6 Å². The zero-order valence-corrected chi connectivity index (χ0v) is 18.9. The number of rotatable bonds is 9. The molecule has 1 aromatic heterocycles. The van der Waals surface area contributed by atoms with Gasteiger partial charge in [-0.15, -0.1) is 10.2 Å². The van der Waals surface area contributed by atoms with E-state index in [4.69, 9.17) is 16.3 Å². The molecular weight excluding hydrogens is 441 g/mol. The maximum absolute atomic E-state index is 13.3. The molecule has 7 nitrogen and oxygen atoms in total. The van der Waals surface area contributed by atoms with Gasteiger partial charge >= 0.3 is 0 Å². The van der Waals surface area contributed by atoms with Gasteiger partial charge in [-0.1, -0.05) is 35.5 Å². The summed E-state index contributed by atoms with van der Waals surface area (Å²) in [5.41, 5.74) is 1.29. The first-order valence-corrected chi connectivity index (χ1v) is 11.0. The van der Waals surface area contributed by atoms with E-state index in [1.807, 2.05) is 42.7 Å². The number of nitrogens with zero attached hydrogens (tertiary/aromatic N) is 3. The van der Waals surface area contributed by atoms with Crippen LogP contribution in [0, 0.1) is 5.82 Å². The summed E-state index contributed by atoms with van der Waals surface area (Å²) in [6.07, 6.45) is 0. The van der Waals surface area contributed by atoms with Gasteiger partial charge in [0.05, 0.1) is 29.6 Å². The molecule has 0 aliphatic carbocycles. The molecular formula is C21H23ClFN5O2S. The Hall–Kier alpha value is -2.78. The fraction of sp³-hybridized carbons (Fsp3) is 0.286. The lowest BCUT2D eigenvalue weighted by atomic mass is 10.2. The number of carbonyl (C=O) groups is 1. The first-order valence-electron chi connectivity index (χ1n) is 9.63. The van der Waals surface area contributed by atoms with E-state index in [2.05, 4.69) is 20.8 Å². The van der Waals surface area contributed by atoms with Crippen LogP contribution in [0.1, 0.15) is 25.7 Å². The standard InChI is InChI=1S/C21H23ClFN5O2S/c1-4-28-20(13(2)24-17-7-5-6-8-18(17)30-3)26-27-21(28)31-12-19(29)25-14-9-10-16(23)15(22)11-14/h5-11,13,24H,4,12H2,1-3H3,(H,25,29)/t13-/m1/s1. The van der Waals surface area contributed by atoms with Crippen molar-refractivity contribution in [3.05, 3.63) is 59.1 Å². The van der Waals surface area contributed by atoms with E-state index in [0.717, 1.165) is 17.3 Å². The fourth-order valence-corrected chi connectivity index (χ4v) is 3.98. The summed E-state index contributed by atoms with van der Waals surface area (Å²) >= 11 is 7.03. The van der Waals surface area contributed by atoms with Gasteiger partial charge in [-0.2, -0.15) is 0 Å². The molecule has 3 aromatic rings. The van der Waals surface area contributed by atoms with Crippen LogP contribution < -0.4 is 15.4 Å². The Balaban J connectivity index is 1.65. The number of anilines is 2. The number of methoxy groups -OCH3 is 1. The predicted molar refractivity (Wildman–Crippen MR) is 121 cm³/mol. The molecule has 1 amide bonds. The normalized spacial score (nSPS) is 11.8. The Kier molecular flexibility index (Phi) is 7.75. The van der Waals surface area contributed by atoms with Crippen molar-refractivity contribution in [3.8, 4) is 5.75 Å². The van der Waals surface area contributed by atoms with Crippen LogP contribution in [0.4, 0.5) is 15.8 Å². The summed E-state index contributed by atoms with van der Waals surface area (Å²) in [6, 6.07) is 11.6. The number of carbonyl (C=O) groups excluding carboxylic acids is 1. The van der Waals surface area contributed by atoms with Gasteiger partial charge in [0, 0.05) is 12.2 Å². The van der Waals surface area contributed by atoms with Crippen molar-refractivity contribution in [2.45, 2.75) is 31.6 Å². The highest BCUT2D eigenvalue weighted by Crippen LogP contribution is 2.28. The highest BCUT2D eigenvalue weighted by atomic mass is 35.5. The number of hydrogen-bond donors (Lipinski definition) is 2. The summed E-state index contributed by atoms with van der Waals surface area (Å²) in [4.78, 5) is 12.3. The second-order valence-electron chi connectivity index (χ2n) is 6.62. The molecule has 10 heteroatoms. The van der Waals surface area contributed by atoms with E-state index in [1.54, 1.807) is 7.11 Å². The Labute approximate surface area is 189 Å². The molecule has 31 heavy (non-hydrogen) atoms. The van der Waals surface area contributed by atoms with E-state index >= 15 is 0 Å². The highest BCUT2D eigenvalue weighted by Gasteiger charge is 2.19. The zero-order valence-electron chi connectivity index (χ0n) is 17.4. The first-order chi connectivity index (χ1) is 14.9. The molecule has 164 valence electrons. The van der Waals surface area contributed by atoms with Gasteiger partial charge in [0.15, 0.2) is 11.0 Å². The number of para-hydroxylation sites is 2. The van der Waals surface area contributed by atoms with Crippen LogP contribution in [0.15, 0.2) is 47.6 Å². The van der Waals surface area contributed by atoms with Crippen molar-refractivity contribution in [2.75, 3.05) is 23.5 Å². The maximum Gasteiger partial charge on any atom is 0.234 e. The van der Waals surface area contributed by atoms with Gasteiger partial charge < -0.3 is 19.9 Å². The number of nitrogens with one attached hydrogen (secondary N) is 2. The van der Waals surface area contributed by atoms with Gasteiger partial charge in [-0.3, -0.25) is 4.79 Å². The third kappa shape index (κ3) is 5.68. The Morgan fingerprint density at radius 3 is 2.77 bits per heavy atom. The molecule has 0 radical (unpaired) electrons. The fourth-order valence-electron chi connectivity index (χ4n) is 2.99.